The maximum atomic E-state index is 13.1. The molecule has 2 aliphatic carbocycles. The first-order chi connectivity index (χ1) is 18.1. The highest BCUT2D eigenvalue weighted by molar-refractivity contribution is 6.06. The molecule has 3 aliphatic rings. The van der Waals surface area contributed by atoms with Gasteiger partial charge in [0.1, 0.15) is 11.5 Å². The lowest BCUT2D eigenvalue weighted by atomic mass is 9.79. The van der Waals surface area contributed by atoms with Crippen LogP contribution in [-0.4, -0.2) is 27.8 Å². The highest BCUT2D eigenvalue weighted by Crippen LogP contribution is 2.47. The summed E-state index contributed by atoms with van der Waals surface area (Å²) < 4.78 is 0. The van der Waals surface area contributed by atoms with Crippen LogP contribution in [0.3, 0.4) is 0 Å². The summed E-state index contributed by atoms with van der Waals surface area (Å²) in [5, 5.41) is 7.17. The SMILES string of the molecule is O=C(NC1CCC(c2ccccc2)CC1)c1ccc2cc3c(cc2n1)CC1(C3)C(=O)Nc2ncccc21. The van der Waals surface area contributed by atoms with E-state index in [1.54, 1.807) is 6.20 Å². The minimum absolute atomic E-state index is 0.0106. The van der Waals surface area contributed by atoms with Crippen LogP contribution in [0, 0.1) is 0 Å². The number of nitrogens with zero attached hydrogens (tertiary/aromatic N) is 2. The van der Waals surface area contributed by atoms with Gasteiger partial charge in [-0.1, -0.05) is 42.5 Å². The van der Waals surface area contributed by atoms with Gasteiger partial charge in [0.05, 0.1) is 10.9 Å². The van der Waals surface area contributed by atoms with Crippen molar-refractivity contribution in [3.63, 3.8) is 0 Å². The Morgan fingerprint density at radius 1 is 0.919 bits per heavy atom. The van der Waals surface area contributed by atoms with Crippen LogP contribution in [0.5, 0.6) is 0 Å². The lowest BCUT2D eigenvalue weighted by Crippen LogP contribution is -2.37. The number of hydrogen-bond donors (Lipinski definition) is 2. The molecule has 0 radical (unpaired) electrons. The fourth-order valence-electron chi connectivity index (χ4n) is 6.58. The molecule has 2 aromatic carbocycles. The predicted molar refractivity (Wildman–Crippen MR) is 143 cm³/mol. The van der Waals surface area contributed by atoms with Crippen molar-refractivity contribution in [2.24, 2.45) is 0 Å². The Balaban J connectivity index is 1.08. The fraction of sp³-hybridized carbons (Fsp3) is 0.290. The Bertz CT molecular complexity index is 1540. The van der Waals surface area contributed by atoms with Gasteiger partial charge in [0, 0.05) is 23.2 Å². The molecule has 2 aromatic heterocycles. The maximum absolute atomic E-state index is 13.1. The van der Waals surface area contributed by atoms with E-state index in [1.165, 1.54) is 5.56 Å². The summed E-state index contributed by atoms with van der Waals surface area (Å²) in [7, 11) is 0. The Morgan fingerprint density at radius 3 is 2.51 bits per heavy atom. The van der Waals surface area contributed by atoms with Crippen molar-refractivity contribution in [3.8, 4) is 0 Å². The molecule has 2 N–H and O–H groups in total. The number of carbonyl (C=O) groups excluding carboxylic acids is 2. The highest BCUT2D eigenvalue weighted by Gasteiger charge is 2.51. The van der Waals surface area contributed by atoms with Crippen molar-refractivity contribution in [2.45, 2.75) is 55.9 Å². The minimum Gasteiger partial charge on any atom is -0.348 e. The smallest absolute Gasteiger partial charge is 0.270 e. The number of pyridine rings is 2. The van der Waals surface area contributed by atoms with Gasteiger partial charge in [-0.05, 0) is 85.4 Å². The zero-order valence-electron chi connectivity index (χ0n) is 20.5. The monoisotopic (exact) mass is 488 g/mol. The van der Waals surface area contributed by atoms with Crippen LogP contribution in [-0.2, 0) is 23.1 Å². The summed E-state index contributed by atoms with van der Waals surface area (Å²) in [6.07, 6.45) is 7.10. The lowest BCUT2D eigenvalue weighted by molar-refractivity contribution is -0.120. The molecule has 1 aliphatic heterocycles. The van der Waals surface area contributed by atoms with Gasteiger partial charge in [0.2, 0.25) is 5.91 Å². The van der Waals surface area contributed by atoms with Crippen LogP contribution in [0.4, 0.5) is 5.82 Å². The fourth-order valence-corrected chi connectivity index (χ4v) is 6.58. The van der Waals surface area contributed by atoms with Gasteiger partial charge in [-0.25, -0.2) is 9.97 Å². The molecule has 6 heteroatoms. The standard InChI is InChI=1S/C31H28N4O2/c36-29(33-24-11-8-20(9-12-24)19-5-2-1-3-6-19)26-13-10-21-15-22-17-31(18-23(22)16-27(21)34-26)25-7-4-14-32-28(25)35-30(31)37/h1-7,10,13-16,20,24H,8-9,11-12,17-18H2,(H,33,36)(H,32,35,37). The van der Waals surface area contributed by atoms with Gasteiger partial charge >= 0.3 is 0 Å². The van der Waals surface area contributed by atoms with E-state index >= 15 is 0 Å². The summed E-state index contributed by atoms with van der Waals surface area (Å²) in [5.74, 6) is 1.14. The molecule has 1 spiro atoms. The molecule has 4 aromatic rings. The number of hydrogen-bond acceptors (Lipinski definition) is 4. The number of rotatable bonds is 3. The van der Waals surface area contributed by atoms with Crippen LogP contribution in [0.1, 0.15) is 64.3 Å². The quantitative estimate of drug-likeness (QED) is 0.422. The number of nitrogens with one attached hydrogen (secondary N) is 2. The van der Waals surface area contributed by atoms with E-state index in [9.17, 15) is 9.59 Å². The largest absolute Gasteiger partial charge is 0.348 e. The van der Waals surface area contributed by atoms with Crippen molar-refractivity contribution < 1.29 is 9.59 Å². The van der Waals surface area contributed by atoms with E-state index in [-0.39, 0.29) is 17.9 Å². The van der Waals surface area contributed by atoms with Crippen LogP contribution < -0.4 is 10.6 Å². The summed E-state index contributed by atoms with van der Waals surface area (Å²) in [6, 6.07) is 22.7. The van der Waals surface area contributed by atoms with E-state index in [0.29, 0.717) is 30.3 Å². The number of amides is 2. The molecule has 0 bridgehead atoms. The molecule has 2 amide bonds. The molecular weight excluding hydrogens is 460 g/mol. The minimum atomic E-state index is -0.609. The topological polar surface area (TPSA) is 84.0 Å². The first kappa shape index (κ1) is 22.2. The molecule has 184 valence electrons. The number of aromatic nitrogens is 2. The zero-order valence-corrected chi connectivity index (χ0v) is 20.5. The zero-order chi connectivity index (χ0) is 25.0. The molecule has 1 atom stereocenters. The number of anilines is 1. The first-order valence-corrected chi connectivity index (χ1v) is 13.1. The third-order valence-electron chi connectivity index (χ3n) is 8.55. The Hall–Kier alpha value is -4.06. The average Bonchev–Trinajstić information content (AvgIpc) is 3.44. The predicted octanol–water partition coefficient (Wildman–Crippen LogP) is 5.07. The second kappa shape index (κ2) is 8.51. The van der Waals surface area contributed by atoms with Crippen LogP contribution >= 0.6 is 0 Å². The van der Waals surface area contributed by atoms with E-state index in [1.807, 2.05) is 24.3 Å². The van der Waals surface area contributed by atoms with Crippen molar-refractivity contribution in [2.75, 3.05) is 5.32 Å². The molecule has 1 saturated carbocycles. The van der Waals surface area contributed by atoms with E-state index < -0.39 is 5.41 Å². The molecule has 6 nitrogen and oxygen atoms in total. The number of carbonyl (C=O) groups is 2. The highest BCUT2D eigenvalue weighted by atomic mass is 16.2. The first-order valence-electron chi connectivity index (χ1n) is 13.1. The van der Waals surface area contributed by atoms with Gasteiger partial charge in [-0.15, -0.1) is 0 Å². The van der Waals surface area contributed by atoms with E-state index in [0.717, 1.165) is 53.3 Å². The van der Waals surface area contributed by atoms with Gasteiger partial charge in [-0.3, -0.25) is 9.59 Å². The van der Waals surface area contributed by atoms with E-state index in [2.05, 4.69) is 58.1 Å². The third-order valence-corrected chi connectivity index (χ3v) is 8.55. The summed E-state index contributed by atoms with van der Waals surface area (Å²) >= 11 is 0. The second-order valence-corrected chi connectivity index (χ2v) is 10.7. The van der Waals surface area contributed by atoms with Gasteiger partial charge in [-0.2, -0.15) is 0 Å². The van der Waals surface area contributed by atoms with Crippen LogP contribution in [0.25, 0.3) is 10.9 Å². The molecule has 7 rings (SSSR count). The van der Waals surface area contributed by atoms with Gasteiger partial charge in [0.15, 0.2) is 0 Å². The summed E-state index contributed by atoms with van der Waals surface area (Å²) in [6.45, 7) is 0. The van der Waals surface area contributed by atoms with Crippen molar-refractivity contribution in [1.82, 2.24) is 15.3 Å². The summed E-state index contributed by atoms with van der Waals surface area (Å²) in [4.78, 5) is 35.2. The average molecular weight is 489 g/mol. The van der Waals surface area contributed by atoms with E-state index in [4.69, 9.17) is 4.98 Å². The van der Waals surface area contributed by atoms with Crippen LogP contribution in [0.2, 0.25) is 0 Å². The molecule has 0 saturated heterocycles. The van der Waals surface area contributed by atoms with Gasteiger partial charge < -0.3 is 10.6 Å². The van der Waals surface area contributed by atoms with Gasteiger partial charge in [0.25, 0.3) is 5.91 Å². The summed E-state index contributed by atoms with van der Waals surface area (Å²) in [5.41, 5.74) is 5.27. The van der Waals surface area contributed by atoms with Crippen molar-refractivity contribution in [1.29, 1.82) is 0 Å². The van der Waals surface area contributed by atoms with Crippen molar-refractivity contribution >= 4 is 28.5 Å². The second-order valence-electron chi connectivity index (χ2n) is 10.7. The molecule has 37 heavy (non-hydrogen) atoms. The number of fused-ring (bicyclic) bond motifs is 4. The van der Waals surface area contributed by atoms with Crippen LogP contribution in [0.15, 0.2) is 72.9 Å². The molecule has 1 fully saturated rings. The molecule has 1 unspecified atom stereocenters. The Morgan fingerprint density at radius 2 is 1.70 bits per heavy atom. The third kappa shape index (κ3) is 3.70. The lowest BCUT2D eigenvalue weighted by Gasteiger charge is -2.29. The molecular formula is C31H28N4O2. The van der Waals surface area contributed by atoms with Crippen molar-refractivity contribution in [3.05, 3.63) is 101 Å². The Kier molecular flexibility index (Phi) is 5.10. The molecule has 3 heterocycles. The Labute approximate surface area is 215 Å². The number of benzene rings is 2. The maximum Gasteiger partial charge on any atom is 0.270 e. The normalized spacial score (nSPS) is 24.1.